The molecule has 3 rings (SSSR count). The summed E-state index contributed by atoms with van der Waals surface area (Å²) in [4.78, 5) is 15.2. The van der Waals surface area contributed by atoms with Gasteiger partial charge in [0.2, 0.25) is 5.52 Å². The summed E-state index contributed by atoms with van der Waals surface area (Å²) < 4.78 is 18.8. The lowest BCUT2D eigenvalue weighted by atomic mass is 10.1. The van der Waals surface area contributed by atoms with Gasteiger partial charge in [-0.05, 0) is 24.6 Å². The third-order valence-electron chi connectivity index (χ3n) is 3.70. The number of fused-ring (bicyclic) bond motifs is 1. The number of carbonyl (C=O) groups is 1. The summed E-state index contributed by atoms with van der Waals surface area (Å²) >= 11 is 0. The van der Waals surface area contributed by atoms with Gasteiger partial charge in [-0.3, -0.25) is 0 Å². The highest BCUT2D eigenvalue weighted by molar-refractivity contribution is 6.03. The number of anilines is 1. The zero-order valence-electron chi connectivity index (χ0n) is 13.3. The molecule has 0 saturated carbocycles. The normalized spacial score (nSPS) is 10.6. The number of rotatable bonds is 5. The maximum Gasteiger partial charge on any atom is 0.346 e. The second-order valence-corrected chi connectivity index (χ2v) is 5.33. The molecule has 24 heavy (non-hydrogen) atoms. The Morgan fingerprint density at radius 3 is 2.75 bits per heavy atom. The first kappa shape index (κ1) is 15.9. The largest absolute Gasteiger partial charge is 0.462 e. The van der Waals surface area contributed by atoms with Crippen LogP contribution in [0.2, 0.25) is 0 Å². The quantitative estimate of drug-likeness (QED) is 0.730. The molecule has 0 amide bonds. The number of aromatic nitrogens is 1. The molecule has 0 aliphatic carbocycles. The first-order chi connectivity index (χ1) is 11.7. The van der Waals surface area contributed by atoms with Crippen molar-refractivity contribution in [1.29, 1.82) is 0 Å². The van der Waals surface area contributed by atoms with Gasteiger partial charge in [-0.25, -0.2) is 14.2 Å². The average Bonchev–Trinajstić information content (AvgIpc) is 2.60. The predicted molar refractivity (Wildman–Crippen MR) is 90.2 cm³/mol. The fourth-order valence-electron chi connectivity index (χ4n) is 2.56. The number of ether oxygens (including phenoxy) is 1. The van der Waals surface area contributed by atoms with Crippen LogP contribution in [0.15, 0.2) is 54.7 Å². The highest BCUT2D eigenvalue weighted by Crippen LogP contribution is 2.26. The highest BCUT2D eigenvalue weighted by Gasteiger charge is 2.20. The number of benzene rings is 2. The Hall–Kier alpha value is -2.95. The monoisotopic (exact) mass is 325 g/mol. The molecule has 4 nitrogen and oxygen atoms in total. The molecule has 0 fully saturated rings. The van der Waals surface area contributed by atoms with Gasteiger partial charge in [0.25, 0.3) is 0 Å². The highest BCUT2D eigenvalue weighted by atomic mass is 19.1. The molecule has 0 unspecified atom stereocenters. The number of esters is 1. The average molecular weight is 325 g/mol. The number of H-pyrrole nitrogens is 1. The van der Waals surface area contributed by atoms with E-state index in [1.54, 1.807) is 19.2 Å². The third kappa shape index (κ3) is 3.35. The lowest BCUT2D eigenvalue weighted by Crippen LogP contribution is -2.16. The molecule has 3 aromatic rings. The molecule has 1 aromatic heterocycles. The SMILES string of the molecule is CCOC(=O)c1c[nH+]c2ccc(F)cc2c1NCc1ccccc1. The fraction of sp³-hybridized carbons (Fsp3) is 0.158. The van der Waals surface area contributed by atoms with Crippen molar-refractivity contribution in [2.75, 3.05) is 11.9 Å². The molecule has 2 aromatic carbocycles. The van der Waals surface area contributed by atoms with Crippen LogP contribution < -0.4 is 10.3 Å². The minimum Gasteiger partial charge on any atom is -0.462 e. The summed E-state index contributed by atoms with van der Waals surface area (Å²) in [6, 6.07) is 14.2. The van der Waals surface area contributed by atoms with E-state index in [9.17, 15) is 9.18 Å². The summed E-state index contributed by atoms with van der Waals surface area (Å²) in [7, 11) is 0. The van der Waals surface area contributed by atoms with E-state index in [1.807, 2.05) is 30.3 Å². The van der Waals surface area contributed by atoms with Gasteiger partial charge in [0, 0.05) is 12.6 Å². The van der Waals surface area contributed by atoms with Gasteiger partial charge in [-0.15, -0.1) is 0 Å². The van der Waals surface area contributed by atoms with Crippen molar-refractivity contribution >= 4 is 22.6 Å². The standard InChI is InChI=1S/C19H17FN2O2/c1-2-24-19(23)16-12-21-17-9-8-14(20)10-15(17)18(16)22-11-13-6-4-3-5-7-13/h3-10,12H,2,11H2,1H3,(H,21,22)/p+1. The molecule has 122 valence electrons. The van der Waals surface area contributed by atoms with Crippen LogP contribution in [0.4, 0.5) is 10.1 Å². The number of halogens is 1. The van der Waals surface area contributed by atoms with Crippen LogP contribution in [-0.2, 0) is 11.3 Å². The Morgan fingerprint density at radius 1 is 1.21 bits per heavy atom. The smallest absolute Gasteiger partial charge is 0.346 e. The van der Waals surface area contributed by atoms with Gasteiger partial charge in [0.1, 0.15) is 11.4 Å². The van der Waals surface area contributed by atoms with Crippen molar-refractivity contribution in [3.8, 4) is 0 Å². The van der Waals surface area contributed by atoms with Crippen molar-refractivity contribution in [2.45, 2.75) is 13.5 Å². The van der Waals surface area contributed by atoms with Gasteiger partial charge in [-0.2, -0.15) is 0 Å². The molecule has 0 saturated heterocycles. The van der Waals surface area contributed by atoms with E-state index in [4.69, 9.17) is 4.74 Å². The first-order valence-corrected chi connectivity index (χ1v) is 7.78. The van der Waals surface area contributed by atoms with Gasteiger partial charge in [0.05, 0.1) is 17.7 Å². The Labute approximate surface area is 139 Å². The maximum absolute atomic E-state index is 13.7. The zero-order valence-corrected chi connectivity index (χ0v) is 13.3. The number of pyridine rings is 1. The number of carbonyl (C=O) groups excluding carboxylic acids is 1. The van der Waals surface area contributed by atoms with Crippen LogP contribution in [0.3, 0.4) is 0 Å². The topological polar surface area (TPSA) is 52.5 Å². The maximum atomic E-state index is 13.7. The fourth-order valence-corrected chi connectivity index (χ4v) is 2.56. The van der Waals surface area contributed by atoms with Crippen molar-refractivity contribution in [2.24, 2.45) is 0 Å². The van der Waals surface area contributed by atoms with Gasteiger partial charge in [0.15, 0.2) is 6.20 Å². The van der Waals surface area contributed by atoms with Crippen LogP contribution in [-0.4, -0.2) is 12.6 Å². The van der Waals surface area contributed by atoms with E-state index in [1.165, 1.54) is 12.1 Å². The lowest BCUT2D eigenvalue weighted by molar-refractivity contribution is -0.344. The van der Waals surface area contributed by atoms with E-state index in [0.717, 1.165) is 11.1 Å². The van der Waals surface area contributed by atoms with E-state index in [0.29, 0.717) is 23.2 Å². The van der Waals surface area contributed by atoms with E-state index in [-0.39, 0.29) is 12.4 Å². The molecule has 1 heterocycles. The Morgan fingerprint density at radius 2 is 2.00 bits per heavy atom. The predicted octanol–water partition coefficient (Wildman–Crippen LogP) is 3.58. The number of hydrogen-bond acceptors (Lipinski definition) is 3. The minimum absolute atomic E-state index is 0.276. The number of aromatic amines is 1. The molecular formula is C19H18FN2O2+. The summed E-state index contributed by atoms with van der Waals surface area (Å²) in [5.74, 6) is -0.810. The molecule has 0 aliphatic heterocycles. The lowest BCUT2D eigenvalue weighted by Gasteiger charge is -2.12. The minimum atomic E-state index is -0.449. The second kappa shape index (κ2) is 7.08. The number of hydrogen-bond donors (Lipinski definition) is 1. The van der Waals surface area contributed by atoms with Gasteiger partial charge >= 0.3 is 5.97 Å². The molecule has 0 bridgehead atoms. The summed E-state index contributed by atoms with van der Waals surface area (Å²) in [6.07, 6.45) is 1.59. The Bertz CT molecular complexity index is 866. The van der Waals surface area contributed by atoms with Crippen molar-refractivity contribution < 1.29 is 18.9 Å². The van der Waals surface area contributed by atoms with Crippen LogP contribution in [0.1, 0.15) is 22.8 Å². The van der Waals surface area contributed by atoms with Crippen LogP contribution in [0.5, 0.6) is 0 Å². The van der Waals surface area contributed by atoms with E-state index in [2.05, 4.69) is 10.3 Å². The second-order valence-electron chi connectivity index (χ2n) is 5.33. The molecule has 0 aliphatic rings. The van der Waals surface area contributed by atoms with Crippen molar-refractivity contribution in [3.63, 3.8) is 0 Å². The van der Waals surface area contributed by atoms with Crippen LogP contribution in [0, 0.1) is 5.82 Å². The van der Waals surface area contributed by atoms with Gasteiger partial charge in [-0.1, -0.05) is 30.3 Å². The van der Waals surface area contributed by atoms with Crippen molar-refractivity contribution in [1.82, 2.24) is 0 Å². The Balaban J connectivity index is 2.04. The zero-order chi connectivity index (χ0) is 16.9. The molecule has 0 spiro atoms. The van der Waals surface area contributed by atoms with E-state index >= 15 is 0 Å². The molecular weight excluding hydrogens is 307 g/mol. The summed E-state index contributed by atoms with van der Waals surface area (Å²) in [6.45, 7) is 2.54. The Kier molecular flexibility index (Phi) is 4.70. The van der Waals surface area contributed by atoms with Gasteiger partial charge < -0.3 is 10.1 Å². The van der Waals surface area contributed by atoms with E-state index < -0.39 is 5.97 Å². The first-order valence-electron chi connectivity index (χ1n) is 7.78. The third-order valence-corrected chi connectivity index (χ3v) is 3.70. The molecule has 5 heteroatoms. The molecule has 0 radical (unpaired) electrons. The van der Waals surface area contributed by atoms with Crippen LogP contribution >= 0.6 is 0 Å². The summed E-state index contributed by atoms with van der Waals surface area (Å²) in [5.41, 5.74) is 2.71. The summed E-state index contributed by atoms with van der Waals surface area (Å²) in [5, 5.41) is 3.86. The van der Waals surface area contributed by atoms with Crippen LogP contribution in [0.25, 0.3) is 10.9 Å². The molecule has 2 N–H and O–H groups in total. The van der Waals surface area contributed by atoms with Crippen molar-refractivity contribution in [3.05, 3.63) is 71.7 Å². The number of nitrogens with one attached hydrogen (secondary N) is 2. The molecule has 0 atom stereocenters.